The Morgan fingerprint density at radius 3 is 2.39 bits per heavy atom. The Labute approximate surface area is 191 Å². The van der Waals surface area contributed by atoms with Gasteiger partial charge in [0.1, 0.15) is 17.3 Å². The number of para-hydroxylation sites is 2. The van der Waals surface area contributed by atoms with Crippen molar-refractivity contribution >= 4 is 16.9 Å². The molecule has 2 aliphatic heterocycles. The Morgan fingerprint density at radius 2 is 1.64 bits per heavy atom. The summed E-state index contributed by atoms with van der Waals surface area (Å²) in [7, 11) is 0. The number of amides is 1. The number of hydrogen-bond acceptors (Lipinski definition) is 5. The van der Waals surface area contributed by atoms with E-state index < -0.39 is 5.63 Å². The Kier molecular flexibility index (Phi) is 6.13. The van der Waals surface area contributed by atoms with Gasteiger partial charge in [-0.1, -0.05) is 30.3 Å². The molecule has 3 heterocycles. The van der Waals surface area contributed by atoms with Gasteiger partial charge in [0, 0.05) is 37.6 Å². The summed E-state index contributed by atoms with van der Waals surface area (Å²) < 4.78 is 25.0. The second kappa shape index (κ2) is 9.35. The van der Waals surface area contributed by atoms with Gasteiger partial charge in [0.05, 0.1) is 0 Å². The number of fused-ring (bicyclic) bond motifs is 1. The summed E-state index contributed by atoms with van der Waals surface area (Å²) in [6.45, 7) is 3.01. The molecule has 0 aliphatic carbocycles. The number of carbonyl (C=O) groups excluding carboxylic acids is 1. The van der Waals surface area contributed by atoms with E-state index in [1.807, 2.05) is 12.1 Å². The lowest BCUT2D eigenvalue weighted by molar-refractivity contribution is 0.0415. The van der Waals surface area contributed by atoms with Gasteiger partial charge in [0.15, 0.2) is 11.6 Å². The molecule has 0 atom stereocenters. The van der Waals surface area contributed by atoms with Crippen LogP contribution in [-0.4, -0.2) is 54.0 Å². The van der Waals surface area contributed by atoms with Gasteiger partial charge in [-0.05, 0) is 49.9 Å². The first-order valence-corrected chi connectivity index (χ1v) is 11.6. The molecule has 0 bridgehead atoms. The minimum absolute atomic E-state index is 0.0203. The van der Waals surface area contributed by atoms with Gasteiger partial charge in [-0.2, -0.15) is 0 Å². The molecule has 5 rings (SSSR count). The first kappa shape index (κ1) is 21.6. The van der Waals surface area contributed by atoms with Gasteiger partial charge in [0.25, 0.3) is 5.91 Å². The Hall–Kier alpha value is -3.19. The average molecular weight is 451 g/mol. The highest BCUT2D eigenvalue weighted by atomic mass is 19.1. The van der Waals surface area contributed by atoms with Crippen LogP contribution in [0.1, 0.15) is 36.0 Å². The molecule has 2 saturated heterocycles. The minimum atomic E-state index is -0.585. The third kappa shape index (κ3) is 4.64. The lowest BCUT2D eigenvalue weighted by Gasteiger charge is -2.41. The number of nitrogens with zero attached hydrogens (tertiary/aromatic N) is 2. The van der Waals surface area contributed by atoms with Crippen LogP contribution >= 0.6 is 0 Å². The molecule has 2 aliphatic rings. The normalized spacial score (nSPS) is 18.5. The standard InChI is InChI=1S/C26H27FN2O4/c27-22-6-2-4-8-24(22)32-20-11-15-28(16-12-20)19-9-13-29(14-10-19)25(30)21-17-18-5-1-3-7-23(18)33-26(21)31/h1-8,17,19-20H,9-16H2. The highest BCUT2D eigenvalue weighted by Gasteiger charge is 2.31. The fourth-order valence-corrected chi connectivity index (χ4v) is 4.89. The molecule has 7 heteroatoms. The number of halogens is 1. The third-order valence-electron chi connectivity index (χ3n) is 6.75. The summed E-state index contributed by atoms with van der Waals surface area (Å²) in [4.78, 5) is 29.6. The van der Waals surface area contributed by atoms with Gasteiger partial charge in [-0.15, -0.1) is 0 Å². The molecular weight excluding hydrogens is 423 g/mol. The molecule has 0 spiro atoms. The summed E-state index contributed by atoms with van der Waals surface area (Å²) in [5, 5.41) is 0.746. The number of carbonyl (C=O) groups is 1. The van der Waals surface area contributed by atoms with Gasteiger partial charge in [-0.25, -0.2) is 9.18 Å². The second-order valence-corrected chi connectivity index (χ2v) is 8.79. The van der Waals surface area contributed by atoms with E-state index in [0.29, 0.717) is 30.5 Å². The molecule has 1 amide bonds. The number of likely N-dealkylation sites (tertiary alicyclic amines) is 2. The van der Waals surface area contributed by atoms with Crippen molar-refractivity contribution in [1.82, 2.24) is 9.80 Å². The van der Waals surface area contributed by atoms with Gasteiger partial charge >= 0.3 is 5.63 Å². The molecule has 2 fully saturated rings. The van der Waals surface area contributed by atoms with Crippen molar-refractivity contribution in [3.05, 3.63) is 76.4 Å². The zero-order chi connectivity index (χ0) is 22.8. The topological polar surface area (TPSA) is 63.0 Å². The number of hydrogen-bond donors (Lipinski definition) is 0. The smallest absolute Gasteiger partial charge is 0.349 e. The maximum atomic E-state index is 13.8. The monoisotopic (exact) mass is 450 g/mol. The van der Waals surface area contributed by atoms with Crippen molar-refractivity contribution in [3.8, 4) is 5.75 Å². The van der Waals surface area contributed by atoms with E-state index >= 15 is 0 Å². The Bertz CT molecular complexity index is 1190. The van der Waals surface area contributed by atoms with E-state index in [1.165, 1.54) is 6.07 Å². The number of piperidine rings is 2. The third-order valence-corrected chi connectivity index (χ3v) is 6.75. The Balaban J connectivity index is 1.15. The van der Waals surface area contributed by atoms with E-state index in [4.69, 9.17) is 9.15 Å². The van der Waals surface area contributed by atoms with E-state index in [-0.39, 0.29) is 23.4 Å². The molecule has 2 aromatic carbocycles. The van der Waals surface area contributed by atoms with Crippen molar-refractivity contribution in [2.24, 2.45) is 0 Å². The fourth-order valence-electron chi connectivity index (χ4n) is 4.89. The van der Waals surface area contributed by atoms with E-state index in [2.05, 4.69) is 4.90 Å². The van der Waals surface area contributed by atoms with Crippen LogP contribution in [0.15, 0.2) is 63.8 Å². The van der Waals surface area contributed by atoms with Crippen molar-refractivity contribution in [1.29, 1.82) is 0 Å². The van der Waals surface area contributed by atoms with Crippen LogP contribution in [0.4, 0.5) is 4.39 Å². The lowest BCUT2D eigenvalue weighted by Crippen LogP contribution is -2.50. The predicted molar refractivity (Wildman–Crippen MR) is 123 cm³/mol. The van der Waals surface area contributed by atoms with Crippen molar-refractivity contribution in [2.45, 2.75) is 37.8 Å². The van der Waals surface area contributed by atoms with Crippen LogP contribution in [0.2, 0.25) is 0 Å². The minimum Gasteiger partial charge on any atom is -0.487 e. The highest BCUT2D eigenvalue weighted by Crippen LogP contribution is 2.26. The molecule has 172 valence electrons. The van der Waals surface area contributed by atoms with Crippen LogP contribution in [-0.2, 0) is 0 Å². The highest BCUT2D eigenvalue weighted by molar-refractivity contribution is 5.96. The summed E-state index contributed by atoms with van der Waals surface area (Å²) in [5.41, 5.74) is -0.00357. The van der Waals surface area contributed by atoms with Crippen LogP contribution in [0.5, 0.6) is 5.75 Å². The average Bonchev–Trinajstić information content (AvgIpc) is 2.85. The zero-order valence-corrected chi connectivity index (χ0v) is 18.4. The molecule has 0 unspecified atom stereocenters. The number of ether oxygens (including phenoxy) is 1. The van der Waals surface area contributed by atoms with Gasteiger partial charge in [0.2, 0.25) is 0 Å². The molecule has 6 nitrogen and oxygen atoms in total. The summed E-state index contributed by atoms with van der Waals surface area (Å²) in [6.07, 6.45) is 3.46. The van der Waals surface area contributed by atoms with Crippen LogP contribution in [0.3, 0.4) is 0 Å². The Morgan fingerprint density at radius 1 is 0.939 bits per heavy atom. The van der Waals surface area contributed by atoms with Crippen LogP contribution < -0.4 is 10.4 Å². The first-order chi connectivity index (χ1) is 16.1. The van der Waals surface area contributed by atoms with E-state index in [1.54, 1.807) is 41.3 Å². The first-order valence-electron chi connectivity index (χ1n) is 11.6. The van der Waals surface area contributed by atoms with Crippen molar-refractivity contribution < 1.29 is 18.3 Å². The lowest BCUT2D eigenvalue weighted by atomic mass is 9.98. The number of benzene rings is 2. The molecule has 33 heavy (non-hydrogen) atoms. The number of rotatable bonds is 4. The summed E-state index contributed by atoms with van der Waals surface area (Å²) in [5.74, 6) is -0.261. The van der Waals surface area contributed by atoms with E-state index in [9.17, 15) is 14.0 Å². The SMILES string of the molecule is O=C(c1cc2ccccc2oc1=O)N1CCC(N2CCC(Oc3ccccc3F)CC2)CC1. The molecule has 3 aromatic rings. The van der Waals surface area contributed by atoms with Crippen LogP contribution in [0.25, 0.3) is 11.0 Å². The largest absolute Gasteiger partial charge is 0.487 e. The predicted octanol–water partition coefficient (Wildman–Crippen LogP) is 4.08. The van der Waals surface area contributed by atoms with E-state index in [0.717, 1.165) is 44.2 Å². The molecule has 1 aromatic heterocycles. The quantitative estimate of drug-likeness (QED) is 0.561. The fraction of sp³-hybridized carbons (Fsp3) is 0.385. The summed E-state index contributed by atoms with van der Waals surface area (Å²) >= 11 is 0. The van der Waals surface area contributed by atoms with Gasteiger partial charge in [-0.3, -0.25) is 9.69 Å². The second-order valence-electron chi connectivity index (χ2n) is 8.79. The molecule has 0 N–H and O–H groups in total. The maximum Gasteiger partial charge on any atom is 0.349 e. The molecule has 0 radical (unpaired) electrons. The summed E-state index contributed by atoms with van der Waals surface area (Å²) in [6, 6.07) is 15.8. The maximum absolute atomic E-state index is 13.8. The molecule has 0 saturated carbocycles. The van der Waals surface area contributed by atoms with Crippen molar-refractivity contribution in [2.75, 3.05) is 26.2 Å². The molecular formula is C26H27FN2O4. The van der Waals surface area contributed by atoms with Gasteiger partial charge < -0.3 is 14.1 Å². The van der Waals surface area contributed by atoms with Crippen molar-refractivity contribution in [3.63, 3.8) is 0 Å². The van der Waals surface area contributed by atoms with Crippen LogP contribution in [0, 0.1) is 5.82 Å². The zero-order valence-electron chi connectivity index (χ0n) is 18.4.